The standard InChI is InChI=1S/C15H19BrN4O/c1-17-13(10-4-2-3-5-10)8-14-19-15(20-21-14)12-7-6-11(16)9-18-12/h6-7,9-10,13,17H,2-5,8H2,1H3. The Kier molecular flexibility index (Phi) is 4.65. The van der Waals surface area contributed by atoms with Gasteiger partial charge in [0.05, 0.1) is 0 Å². The van der Waals surface area contributed by atoms with E-state index in [0.717, 1.165) is 22.5 Å². The fraction of sp³-hybridized carbons (Fsp3) is 0.533. The van der Waals surface area contributed by atoms with Crippen LogP contribution in [-0.2, 0) is 6.42 Å². The molecule has 5 nitrogen and oxygen atoms in total. The number of aromatic nitrogens is 3. The molecule has 21 heavy (non-hydrogen) atoms. The third-order valence-electron chi connectivity index (χ3n) is 4.16. The summed E-state index contributed by atoms with van der Waals surface area (Å²) in [6, 6.07) is 4.22. The molecule has 1 atom stereocenters. The fourth-order valence-electron chi connectivity index (χ4n) is 3.00. The number of nitrogens with one attached hydrogen (secondary N) is 1. The zero-order valence-electron chi connectivity index (χ0n) is 12.1. The molecule has 0 bridgehead atoms. The van der Waals surface area contributed by atoms with Crippen LogP contribution in [0.2, 0.25) is 0 Å². The first kappa shape index (κ1) is 14.7. The first-order valence-electron chi connectivity index (χ1n) is 7.38. The van der Waals surface area contributed by atoms with Gasteiger partial charge in [0, 0.05) is 23.1 Å². The first-order chi connectivity index (χ1) is 10.3. The minimum absolute atomic E-state index is 0.415. The zero-order valence-corrected chi connectivity index (χ0v) is 13.6. The smallest absolute Gasteiger partial charge is 0.228 e. The Morgan fingerprint density at radius 3 is 2.86 bits per heavy atom. The van der Waals surface area contributed by atoms with Crippen molar-refractivity contribution in [3.63, 3.8) is 0 Å². The van der Waals surface area contributed by atoms with E-state index in [-0.39, 0.29) is 0 Å². The van der Waals surface area contributed by atoms with Crippen molar-refractivity contribution in [2.45, 2.75) is 38.1 Å². The molecular formula is C15H19BrN4O. The molecule has 1 N–H and O–H groups in total. The molecule has 0 spiro atoms. The molecular weight excluding hydrogens is 332 g/mol. The highest BCUT2D eigenvalue weighted by molar-refractivity contribution is 9.10. The van der Waals surface area contributed by atoms with Crippen LogP contribution >= 0.6 is 15.9 Å². The maximum atomic E-state index is 5.39. The van der Waals surface area contributed by atoms with Crippen LogP contribution in [0.25, 0.3) is 11.5 Å². The van der Waals surface area contributed by atoms with Gasteiger partial charge in [0.15, 0.2) is 0 Å². The SMILES string of the molecule is CNC(Cc1nc(-c2ccc(Br)cn2)no1)C1CCCC1. The average Bonchev–Trinajstić information content (AvgIpc) is 3.17. The number of hydrogen-bond acceptors (Lipinski definition) is 5. The van der Waals surface area contributed by atoms with E-state index in [9.17, 15) is 0 Å². The van der Waals surface area contributed by atoms with Gasteiger partial charge in [-0.3, -0.25) is 4.98 Å². The largest absolute Gasteiger partial charge is 0.339 e. The molecule has 0 aromatic carbocycles. The molecule has 0 saturated heterocycles. The molecule has 2 heterocycles. The molecule has 2 aromatic rings. The molecule has 0 aliphatic heterocycles. The topological polar surface area (TPSA) is 63.8 Å². The van der Waals surface area contributed by atoms with Gasteiger partial charge in [0.25, 0.3) is 0 Å². The summed E-state index contributed by atoms with van der Waals surface area (Å²) in [5, 5.41) is 7.44. The lowest BCUT2D eigenvalue weighted by Crippen LogP contribution is -2.34. The first-order valence-corrected chi connectivity index (χ1v) is 8.17. The van der Waals surface area contributed by atoms with E-state index >= 15 is 0 Å². The summed E-state index contributed by atoms with van der Waals surface area (Å²) < 4.78 is 6.32. The highest BCUT2D eigenvalue weighted by Crippen LogP contribution is 2.29. The highest BCUT2D eigenvalue weighted by atomic mass is 79.9. The molecule has 0 radical (unpaired) electrons. The van der Waals surface area contributed by atoms with Crippen LogP contribution in [0.5, 0.6) is 0 Å². The van der Waals surface area contributed by atoms with Crippen molar-refractivity contribution < 1.29 is 4.52 Å². The zero-order chi connectivity index (χ0) is 14.7. The van der Waals surface area contributed by atoms with E-state index in [2.05, 4.69) is 36.4 Å². The maximum Gasteiger partial charge on any atom is 0.228 e. The van der Waals surface area contributed by atoms with Gasteiger partial charge < -0.3 is 9.84 Å². The predicted molar refractivity (Wildman–Crippen MR) is 83.7 cm³/mol. The van der Waals surface area contributed by atoms with Crippen molar-refractivity contribution in [3.8, 4) is 11.5 Å². The number of pyridine rings is 1. The van der Waals surface area contributed by atoms with Crippen molar-refractivity contribution in [2.75, 3.05) is 7.05 Å². The lowest BCUT2D eigenvalue weighted by atomic mass is 9.95. The van der Waals surface area contributed by atoms with E-state index in [1.165, 1.54) is 25.7 Å². The molecule has 2 aromatic heterocycles. The Morgan fingerprint density at radius 1 is 1.38 bits per heavy atom. The number of rotatable bonds is 5. The van der Waals surface area contributed by atoms with Gasteiger partial charge in [0.1, 0.15) is 5.69 Å². The Hall–Kier alpha value is -1.27. The van der Waals surface area contributed by atoms with Crippen LogP contribution in [0.3, 0.4) is 0 Å². The molecule has 0 amide bonds. The summed E-state index contributed by atoms with van der Waals surface area (Å²) >= 11 is 3.37. The lowest BCUT2D eigenvalue weighted by Gasteiger charge is -2.20. The molecule has 1 unspecified atom stereocenters. The summed E-state index contributed by atoms with van der Waals surface area (Å²) in [6.07, 6.45) is 7.77. The summed E-state index contributed by atoms with van der Waals surface area (Å²) in [6.45, 7) is 0. The van der Waals surface area contributed by atoms with Crippen molar-refractivity contribution >= 4 is 15.9 Å². The van der Waals surface area contributed by atoms with E-state index in [1.807, 2.05) is 19.2 Å². The van der Waals surface area contributed by atoms with Crippen LogP contribution < -0.4 is 5.32 Å². The fourth-order valence-corrected chi connectivity index (χ4v) is 3.24. The van der Waals surface area contributed by atoms with Crippen LogP contribution in [0.4, 0.5) is 0 Å². The Balaban J connectivity index is 1.70. The quantitative estimate of drug-likeness (QED) is 0.896. The third kappa shape index (κ3) is 3.49. The van der Waals surface area contributed by atoms with Crippen LogP contribution in [0, 0.1) is 5.92 Å². The second-order valence-corrected chi connectivity index (χ2v) is 6.43. The summed E-state index contributed by atoms with van der Waals surface area (Å²) in [5.41, 5.74) is 0.732. The molecule has 1 aliphatic rings. The van der Waals surface area contributed by atoms with Crippen LogP contribution in [-0.4, -0.2) is 28.2 Å². The summed E-state index contributed by atoms with van der Waals surface area (Å²) in [7, 11) is 2.01. The summed E-state index contributed by atoms with van der Waals surface area (Å²) in [4.78, 5) is 8.76. The number of nitrogens with zero attached hydrogens (tertiary/aromatic N) is 3. The molecule has 6 heteroatoms. The van der Waals surface area contributed by atoms with Gasteiger partial charge >= 0.3 is 0 Å². The van der Waals surface area contributed by atoms with Gasteiger partial charge in [-0.05, 0) is 53.9 Å². The minimum atomic E-state index is 0.415. The normalized spacial score (nSPS) is 17.2. The maximum absolute atomic E-state index is 5.39. The van der Waals surface area contributed by atoms with E-state index < -0.39 is 0 Å². The molecule has 3 rings (SSSR count). The lowest BCUT2D eigenvalue weighted by molar-refractivity contribution is 0.318. The second kappa shape index (κ2) is 6.66. The summed E-state index contributed by atoms with van der Waals surface area (Å²) in [5.74, 6) is 1.95. The van der Waals surface area contributed by atoms with Crippen LogP contribution in [0.15, 0.2) is 27.3 Å². The van der Waals surface area contributed by atoms with Gasteiger partial charge in [0.2, 0.25) is 11.7 Å². The second-order valence-electron chi connectivity index (χ2n) is 5.52. The highest BCUT2D eigenvalue weighted by Gasteiger charge is 2.25. The van der Waals surface area contributed by atoms with Crippen molar-refractivity contribution in [1.82, 2.24) is 20.4 Å². The Labute approximate surface area is 132 Å². The minimum Gasteiger partial charge on any atom is -0.339 e. The monoisotopic (exact) mass is 350 g/mol. The van der Waals surface area contributed by atoms with Crippen molar-refractivity contribution in [1.29, 1.82) is 0 Å². The number of likely N-dealkylation sites (N-methyl/N-ethyl adjacent to an activating group) is 1. The molecule has 1 aliphatic carbocycles. The Morgan fingerprint density at radius 2 is 2.19 bits per heavy atom. The van der Waals surface area contributed by atoms with Gasteiger partial charge in [-0.15, -0.1) is 0 Å². The van der Waals surface area contributed by atoms with Crippen molar-refractivity contribution in [3.05, 3.63) is 28.7 Å². The number of hydrogen-bond donors (Lipinski definition) is 1. The van der Waals surface area contributed by atoms with Crippen molar-refractivity contribution in [2.24, 2.45) is 5.92 Å². The molecule has 112 valence electrons. The van der Waals surface area contributed by atoms with Gasteiger partial charge in [-0.1, -0.05) is 18.0 Å². The van der Waals surface area contributed by atoms with Gasteiger partial charge in [-0.2, -0.15) is 4.98 Å². The predicted octanol–water partition coefficient (Wildman–Crippen LogP) is 3.21. The third-order valence-corrected chi connectivity index (χ3v) is 4.63. The average molecular weight is 351 g/mol. The molecule has 1 fully saturated rings. The van der Waals surface area contributed by atoms with Gasteiger partial charge in [-0.25, -0.2) is 0 Å². The van der Waals surface area contributed by atoms with Crippen LogP contribution in [0.1, 0.15) is 31.6 Å². The Bertz CT molecular complexity index is 578. The van der Waals surface area contributed by atoms with E-state index in [4.69, 9.17) is 4.52 Å². The molecule has 1 saturated carbocycles. The number of halogens is 1. The van der Waals surface area contributed by atoms with E-state index in [0.29, 0.717) is 17.8 Å². The van der Waals surface area contributed by atoms with E-state index in [1.54, 1.807) is 6.20 Å².